The fraction of sp³-hybridized carbons (Fsp3) is 0.562. The number of hydrogen-bond acceptors (Lipinski definition) is 5. The van der Waals surface area contributed by atoms with Crippen LogP contribution in [-0.4, -0.2) is 62.2 Å². The second kappa shape index (κ2) is 8.69. The lowest BCUT2D eigenvalue weighted by molar-refractivity contribution is 0.0341. The molecular formula is C16H25IN4O. The number of guanidine groups is 1. The zero-order valence-corrected chi connectivity index (χ0v) is 15.5. The van der Waals surface area contributed by atoms with Gasteiger partial charge < -0.3 is 15.0 Å². The van der Waals surface area contributed by atoms with Gasteiger partial charge in [-0.25, -0.2) is 0 Å². The van der Waals surface area contributed by atoms with E-state index in [1.54, 1.807) is 0 Å². The first-order valence-electron chi connectivity index (χ1n) is 7.69. The first-order chi connectivity index (χ1) is 10.3. The van der Waals surface area contributed by atoms with Crippen molar-refractivity contribution >= 4 is 29.9 Å². The Balaban J connectivity index is 0.00000176. The van der Waals surface area contributed by atoms with Crippen LogP contribution in [0, 0.1) is 0 Å². The number of aliphatic imine (C=N–C) groups is 1. The van der Waals surface area contributed by atoms with Crippen LogP contribution in [0.2, 0.25) is 0 Å². The number of hydrogen-bond donors (Lipinski definition) is 1. The van der Waals surface area contributed by atoms with Gasteiger partial charge in [-0.05, 0) is 11.1 Å². The molecule has 122 valence electrons. The maximum absolute atomic E-state index is 5.42. The largest absolute Gasteiger partial charge is 0.379 e. The SMILES string of the molecule is CN1CCN=C1NCc1ccccc1CN1CCOCC1.I. The minimum Gasteiger partial charge on any atom is -0.379 e. The highest BCUT2D eigenvalue weighted by atomic mass is 127. The first kappa shape index (κ1) is 17.5. The number of nitrogens with one attached hydrogen (secondary N) is 1. The van der Waals surface area contributed by atoms with Crippen LogP contribution in [0.5, 0.6) is 0 Å². The molecule has 0 unspecified atom stereocenters. The number of rotatable bonds is 4. The Morgan fingerprint density at radius 1 is 1.14 bits per heavy atom. The summed E-state index contributed by atoms with van der Waals surface area (Å²) in [6.07, 6.45) is 0. The standard InChI is InChI=1S/C16H24N4O.HI/c1-19-7-6-17-16(19)18-12-14-4-2-3-5-15(14)13-20-8-10-21-11-9-20;/h2-5H,6-13H2,1H3,(H,17,18);1H. The average molecular weight is 416 g/mol. The van der Waals surface area contributed by atoms with Crippen molar-refractivity contribution in [3.63, 3.8) is 0 Å². The topological polar surface area (TPSA) is 40.1 Å². The van der Waals surface area contributed by atoms with E-state index >= 15 is 0 Å². The van der Waals surface area contributed by atoms with Crippen LogP contribution in [0.3, 0.4) is 0 Å². The van der Waals surface area contributed by atoms with Gasteiger partial charge in [0.1, 0.15) is 0 Å². The molecule has 1 aromatic carbocycles. The van der Waals surface area contributed by atoms with Crippen molar-refractivity contribution < 1.29 is 4.74 Å². The molecule has 1 aromatic rings. The molecule has 0 atom stereocenters. The second-order valence-electron chi connectivity index (χ2n) is 5.64. The van der Waals surface area contributed by atoms with Gasteiger partial charge in [-0.3, -0.25) is 9.89 Å². The number of likely N-dealkylation sites (N-methyl/N-ethyl adjacent to an activating group) is 1. The van der Waals surface area contributed by atoms with Crippen molar-refractivity contribution in [1.82, 2.24) is 15.1 Å². The molecule has 0 spiro atoms. The molecule has 1 fully saturated rings. The summed E-state index contributed by atoms with van der Waals surface area (Å²) in [6, 6.07) is 8.67. The smallest absolute Gasteiger partial charge is 0.194 e. The van der Waals surface area contributed by atoms with E-state index in [-0.39, 0.29) is 24.0 Å². The van der Waals surface area contributed by atoms with Crippen LogP contribution < -0.4 is 5.32 Å². The maximum Gasteiger partial charge on any atom is 0.194 e. The van der Waals surface area contributed by atoms with Crippen LogP contribution in [0.25, 0.3) is 0 Å². The van der Waals surface area contributed by atoms with Gasteiger partial charge in [0.2, 0.25) is 0 Å². The second-order valence-corrected chi connectivity index (χ2v) is 5.64. The van der Waals surface area contributed by atoms with Gasteiger partial charge in [0.25, 0.3) is 0 Å². The molecule has 0 aliphatic carbocycles. The molecule has 0 amide bonds. The summed E-state index contributed by atoms with van der Waals surface area (Å²) in [6.45, 7) is 7.50. The van der Waals surface area contributed by atoms with Gasteiger partial charge in [-0.2, -0.15) is 0 Å². The van der Waals surface area contributed by atoms with Crippen molar-refractivity contribution in [3.8, 4) is 0 Å². The van der Waals surface area contributed by atoms with E-state index in [2.05, 4.69) is 51.4 Å². The molecule has 0 bridgehead atoms. The van der Waals surface area contributed by atoms with Crippen molar-refractivity contribution in [2.45, 2.75) is 13.1 Å². The number of benzene rings is 1. The lowest BCUT2D eigenvalue weighted by atomic mass is 10.1. The third kappa shape index (κ3) is 4.57. The van der Waals surface area contributed by atoms with Crippen molar-refractivity contribution in [2.75, 3.05) is 46.4 Å². The summed E-state index contributed by atoms with van der Waals surface area (Å²) in [5.74, 6) is 1.01. The molecule has 2 aliphatic heterocycles. The summed E-state index contributed by atoms with van der Waals surface area (Å²) in [5, 5.41) is 3.46. The molecule has 5 nitrogen and oxygen atoms in total. The van der Waals surface area contributed by atoms with E-state index in [1.807, 2.05) is 0 Å². The van der Waals surface area contributed by atoms with Crippen LogP contribution in [-0.2, 0) is 17.8 Å². The van der Waals surface area contributed by atoms with E-state index in [9.17, 15) is 0 Å². The van der Waals surface area contributed by atoms with Crippen molar-refractivity contribution in [3.05, 3.63) is 35.4 Å². The summed E-state index contributed by atoms with van der Waals surface area (Å²) < 4.78 is 5.42. The Kier molecular flexibility index (Phi) is 6.91. The van der Waals surface area contributed by atoms with Gasteiger partial charge in [0.15, 0.2) is 5.96 Å². The van der Waals surface area contributed by atoms with Crippen LogP contribution in [0.1, 0.15) is 11.1 Å². The molecule has 22 heavy (non-hydrogen) atoms. The Morgan fingerprint density at radius 3 is 2.55 bits per heavy atom. The zero-order valence-electron chi connectivity index (χ0n) is 13.1. The normalized spacial score (nSPS) is 18.8. The summed E-state index contributed by atoms with van der Waals surface area (Å²) in [5.41, 5.74) is 2.75. The lowest BCUT2D eigenvalue weighted by Gasteiger charge is -2.27. The molecule has 3 rings (SSSR count). The highest BCUT2D eigenvalue weighted by Crippen LogP contribution is 2.13. The average Bonchev–Trinajstić information content (AvgIpc) is 2.93. The number of morpholine rings is 1. The Bertz CT molecular complexity index is 503. The Hall–Kier alpha value is -0.860. The van der Waals surface area contributed by atoms with Gasteiger partial charge in [0.05, 0.1) is 19.8 Å². The number of ether oxygens (including phenoxy) is 1. The fourth-order valence-corrected chi connectivity index (χ4v) is 2.78. The third-order valence-corrected chi connectivity index (χ3v) is 4.11. The summed E-state index contributed by atoms with van der Waals surface area (Å²) >= 11 is 0. The predicted molar refractivity (Wildman–Crippen MR) is 99.7 cm³/mol. The van der Waals surface area contributed by atoms with E-state index in [0.717, 1.165) is 58.4 Å². The Labute approximate surface area is 149 Å². The lowest BCUT2D eigenvalue weighted by Crippen LogP contribution is -2.37. The Morgan fingerprint density at radius 2 is 1.86 bits per heavy atom. The van der Waals surface area contributed by atoms with Gasteiger partial charge in [0, 0.05) is 39.8 Å². The molecule has 0 radical (unpaired) electrons. The third-order valence-electron chi connectivity index (χ3n) is 4.11. The number of nitrogens with zero attached hydrogens (tertiary/aromatic N) is 3. The molecular weight excluding hydrogens is 391 g/mol. The molecule has 1 saturated heterocycles. The van der Waals surface area contributed by atoms with E-state index in [1.165, 1.54) is 11.1 Å². The molecule has 2 heterocycles. The van der Waals surface area contributed by atoms with Gasteiger partial charge in [-0.1, -0.05) is 24.3 Å². The molecule has 0 saturated carbocycles. The minimum atomic E-state index is 0. The van der Waals surface area contributed by atoms with E-state index in [4.69, 9.17) is 4.74 Å². The zero-order chi connectivity index (χ0) is 14.5. The van der Waals surface area contributed by atoms with Crippen molar-refractivity contribution in [1.29, 1.82) is 0 Å². The maximum atomic E-state index is 5.42. The van der Waals surface area contributed by atoms with Gasteiger partial charge >= 0.3 is 0 Å². The van der Waals surface area contributed by atoms with Crippen LogP contribution >= 0.6 is 24.0 Å². The number of halogens is 1. The van der Waals surface area contributed by atoms with Crippen molar-refractivity contribution in [2.24, 2.45) is 4.99 Å². The van der Waals surface area contributed by atoms with Gasteiger partial charge in [-0.15, -0.1) is 24.0 Å². The van der Waals surface area contributed by atoms with E-state index < -0.39 is 0 Å². The predicted octanol–water partition coefficient (Wildman–Crippen LogP) is 1.53. The highest BCUT2D eigenvalue weighted by Gasteiger charge is 2.14. The molecule has 6 heteroatoms. The van der Waals surface area contributed by atoms with Crippen LogP contribution in [0.4, 0.5) is 0 Å². The first-order valence-corrected chi connectivity index (χ1v) is 7.69. The summed E-state index contributed by atoms with van der Waals surface area (Å²) in [7, 11) is 2.08. The molecule has 2 aliphatic rings. The molecule has 0 aromatic heterocycles. The fourth-order valence-electron chi connectivity index (χ4n) is 2.78. The van der Waals surface area contributed by atoms with E-state index in [0.29, 0.717) is 0 Å². The molecule has 1 N–H and O–H groups in total. The minimum absolute atomic E-state index is 0. The highest BCUT2D eigenvalue weighted by molar-refractivity contribution is 14.0. The monoisotopic (exact) mass is 416 g/mol. The summed E-state index contributed by atoms with van der Waals surface area (Å²) in [4.78, 5) is 9.11. The quantitative estimate of drug-likeness (QED) is 0.756. The van der Waals surface area contributed by atoms with Crippen LogP contribution in [0.15, 0.2) is 29.3 Å².